The molecular weight excluding hydrogens is 472 g/mol. The van der Waals surface area contributed by atoms with Crippen molar-refractivity contribution in [2.75, 3.05) is 33.8 Å². The fourth-order valence-corrected chi connectivity index (χ4v) is 3.99. The molecule has 7 heteroatoms. The third-order valence-electron chi connectivity index (χ3n) is 5.20. The summed E-state index contributed by atoms with van der Waals surface area (Å²) in [4.78, 5) is 29.4. The van der Waals surface area contributed by atoms with Crippen LogP contribution in [-0.4, -0.2) is 60.4 Å². The van der Waals surface area contributed by atoms with Gasteiger partial charge in [0.1, 0.15) is 11.5 Å². The van der Waals surface area contributed by atoms with Crippen molar-refractivity contribution in [1.82, 2.24) is 9.80 Å². The molecule has 1 unspecified atom stereocenters. The number of benzene rings is 2. The second-order valence-electron chi connectivity index (χ2n) is 8.58. The Morgan fingerprint density at radius 3 is 2.44 bits per heavy atom. The van der Waals surface area contributed by atoms with Crippen molar-refractivity contribution in [3.05, 3.63) is 69.7 Å². The number of aliphatic hydroxyl groups excluding tert-OH is 1. The molecule has 0 bridgehead atoms. The van der Waals surface area contributed by atoms with Gasteiger partial charge in [0, 0.05) is 23.1 Å². The van der Waals surface area contributed by atoms with Crippen molar-refractivity contribution in [1.29, 1.82) is 0 Å². The van der Waals surface area contributed by atoms with Gasteiger partial charge in [0.05, 0.1) is 18.2 Å². The summed E-state index contributed by atoms with van der Waals surface area (Å²) in [6, 6.07) is 13.7. The zero-order valence-electron chi connectivity index (χ0n) is 18.8. The number of ketones is 1. The molecule has 1 saturated heterocycles. The first-order valence-electron chi connectivity index (χ1n) is 10.6. The number of hydrogen-bond acceptors (Lipinski definition) is 5. The highest BCUT2D eigenvalue weighted by atomic mass is 79.9. The van der Waals surface area contributed by atoms with Crippen molar-refractivity contribution < 1.29 is 19.4 Å². The van der Waals surface area contributed by atoms with E-state index in [2.05, 4.69) is 29.8 Å². The zero-order valence-corrected chi connectivity index (χ0v) is 20.4. The molecule has 0 spiro atoms. The monoisotopic (exact) mass is 500 g/mol. The summed E-state index contributed by atoms with van der Waals surface area (Å²) in [5, 5.41) is 11.1. The maximum absolute atomic E-state index is 13.0. The Hall–Kier alpha value is -2.64. The molecule has 170 valence electrons. The highest BCUT2D eigenvalue weighted by molar-refractivity contribution is 9.10. The minimum absolute atomic E-state index is 0.0997. The SMILES string of the molecule is CC(C)COc1ccc(/C(O)=C2/C(=O)C(=O)N(CCN(C)C)C2c2cccc(Br)c2)cc1. The van der Waals surface area contributed by atoms with Crippen LogP contribution in [0.15, 0.2) is 58.6 Å². The summed E-state index contributed by atoms with van der Waals surface area (Å²) in [7, 11) is 3.82. The van der Waals surface area contributed by atoms with Crippen LogP contribution in [0.5, 0.6) is 5.75 Å². The smallest absolute Gasteiger partial charge is 0.295 e. The zero-order chi connectivity index (χ0) is 23.4. The van der Waals surface area contributed by atoms with E-state index in [4.69, 9.17) is 4.74 Å². The van der Waals surface area contributed by atoms with Crippen molar-refractivity contribution in [2.24, 2.45) is 5.92 Å². The van der Waals surface area contributed by atoms with E-state index in [0.717, 1.165) is 10.0 Å². The first-order valence-corrected chi connectivity index (χ1v) is 11.4. The number of carbonyl (C=O) groups excluding carboxylic acids is 2. The second kappa shape index (κ2) is 10.3. The summed E-state index contributed by atoms with van der Waals surface area (Å²) in [5.74, 6) is -0.380. The minimum Gasteiger partial charge on any atom is -0.507 e. The molecule has 0 aromatic heterocycles. The fraction of sp³-hybridized carbons (Fsp3) is 0.360. The van der Waals surface area contributed by atoms with Crippen LogP contribution in [0.25, 0.3) is 5.76 Å². The van der Waals surface area contributed by atoms with Gasteiger partial charge in [-0.05, 0) is 62.0 Å². The number of Topliss-reactive ketones (excluding diaryl/α,β-unsaturated/α-hetero) is 1. The van der Waals surface area contributed by atoms with E-state index in [-0.39, 0.29) is 11.3 Å². The van der Waals surface area contributed by atoms with Crippen LogP contribution in [-0.2, 0) is 9.59 Å². The van der Waals surface area contributed by atoms with Gasteiger partial charge >= 0.3 is 0 Å². The largest absolute Gasteiger partial charge is 0.507 e. The molecule has 1 amide bonds. The number of carbonyl (C=O) groups is 2. The summed E-state index contributed by atoms with van der Waals surface area (Å²) in [6.45, 7) is 5.69. The van der Waals surface area contributed by atoms with Gasteiger partial charge in [-0.2, -0.15) is 0 Å². The number of amides is 1. The van der Waals surface area contributed by atoms with Gasteiger partial charge < -0.3 is 19.6 Å². The molecule has 1 aliphatic rings. The first-order chi connectivity index (χ1) is 15.2. The molecular formula is C25H29BrN2O4. The van der Waals surface area contributed by atoms with E-state index in [1.54, 1.807) is 24.3 Å². The molecule has 0 saturated carbocycles. The summed E-state index contributed by atoms with van der Waals surface area (Å²) in [6.07, 6.45) is 0. The van der Waals surface area contributed by atoms with Crippen molar-refractivity contribution in [2.45, 2.75) is 19.9 Å². The Morgan fingerprint density at radius 1 is 1.16 bits per heavy atom. The van der Waals surface area contributed by atoms with Crippen LogP contribution in [0.2, 0.25) is 0 Å². The third-order valence-corrected chi connectivity index (χ3v) is 5.70. The molecule has 1 atom stereocenters. The first kappa shape index (κ1) is 24.0. The number of rotatable bonds is 8. The number of ether oxygens (including phenoxy) is 1. The molecule has 1 fully saturated rings. The molecule has 6 nitrogen and oxygen atoms in total. The molecule has 2 aromatic rings. The third kappa shape index (κ3) is 5.40. The molecule has 1 heterocycles. The van der Waals surface area contributed by atoms with Crippen molar-refractivity contribution in [3.63, 3.8) is 0 Å². The number of nitrogens with zero attached hydrogens (tertiary/aromatic N) is 2. The maximum atomic E-state index is 13.0. The van der Waals surface area contributed by atoms with Gasteiger partial charge in [-0.25, -0.2) is 0 Å². The summed E-state index contributed by atoms with van der Waals surface area (Å²) >= 11 is 3.47. The lowest BCUT2D eigenvalue weighted by Crippen LogP contribution is -2.35. The number of hydrogen-bond donors (Lipinski definition) is 1. The van der Waals surface area contributed by atoms with Gasteiger partial charge in [0.15, 0.2) is 0 Å². The predicted octanol–water partition coefficient (Wildman–Crippen LogP) is 4.47. The van der Waals surface area contributed by atoms with E-state index >= 15 is 0 Å². The second-order valence-corrected chi connectivity index (χ2v) is 9.50. The van der Waals surface area contributed by atoms with Gasteiger partial charge in [-0.3, -0.25) is 9.59 Å². The van der Waals surface area contributed by atoms with E-state index in [0.29, 0.717) is 36.9 Å². The van der Waals surface area contributed by atoms with Crippen LogP contribution < -0.4 is 4.74 Å². The predicted molar refractivity (Wildman–Crippen MR) is 128 cm³/mol. The molecule has 2 aromatic carbocycles. The standard InChI is InChI=1S/C25H29BrN2O4/c1-16(2)15-32-20-10-8-17(9-11-20)23(29)21-22(18-6-5-7-19(26)14-18)28(13-12-27(3)4)25(31)24(21)30/h5-11,14,16,22,29H,12-13,15H2,1-4H3/b23-21-. The minimum atomic E-state index is -0.675. The Morgan fingerprint density at radius 2 is 1.84 bits per heavy atom. The van der Waals surface area contributed by atoms with Gasteiger partial charge in [0.25, 0.3) is 11.7 Å². The Labute approximate surface area is 197 Å². The molecule has 0 radical (unpaired) electrons. The van der Waals surface area contributed by atoms with Crippen LogP contribution >= 0.6 is 15.9 Å². The number of halogens is 1. The number of aliphatic hydroxyl groups is 1. The Bertz CT molecular complexity index is 1010. The lowest BCUT2D eigenvalue weighted by molar-refractivity contribution is -0.140. The van der Waals surface area contributed by atoms with Crippen molar-refractivity contribution >= 4 is 33.4 Å². The number of likely N-dealkylation sites (tertiary alicyclic amines) is 1. The summed E-state index contributed by atoms with van der Waals surface area (Å²) in [5.41, 5.74) is 1.32. The van der Waals surface area contributed by atoms with Gasteiger partial charge in [-0.1, -0.05) is 41.9 Å². The highest BCUT2D eigenvalue weighted by Crippen LogP contribution is 2.40. The Balaban J connectivity index is 2.03. The summed E-state index contributed by atoms with van der Waals surface area (Å²) < 4.78 is 6.54. The van der Waals surface area contributed by atoms with Crippen LogP contribution in [0.4, 0.5) is 0 Å². The molecule has 3 rings (SSSR count). The molecule has 1 N–H and O–H groups in total. The topological polar surface area (TPSA) is 70.1 Å². The van der Waals surface area contributed by atoms with E-state index in [1.165, 1.54) is 4.90 Å². The molecule has 0 aliphatic carbocycles. The lowest BCUT2D eigenvalue weighted by Gasteiger charge is -2.26. The highest BCUT2D eigenvalue weighted by Gasteiger charge is 2.45. The van der Waals surface area contributed by atoms with Crippen LogP contribution in [0.1, 0.15) is 31.0 Å². The molecule has 32 heavy (non-hydrogen) atoms. The lowest BCUT2D eigenvalue weighted by atomic mass is 9.95. The quantitative estimate of drug-likeness (QED) is 0.329. The Kier molecular flexibility index (Phi) is 7.74. The maximum Gasteiger partial charge on any atom is 0.295 e. The van der Waals surface area contributed by atoms with Crippen LogP contribution in [0, 0.1) is 5.92 Å². The van der Waals surface area contributed by atoms with Crippen LogP contribution in [0.3, 0.4) is 0 Å². The molecule has 1 aliphatic heterocycles. The van der Waals surface area contributed by atoms with E-state index < -0.39 is 17.7 Å². The average Bonchev–Trinajstić information content (AvgIpc) is 3.01. The fourth-order valence-electron chi connectivity index (χ4n) is 3.57. The number of likely N-dealkylation sites (N-methyl/N-ethyl adjacent to an activating group) is 1. The van der Waals surface area contributed by atoms with Gasteiger partial charge in [-0.15, -0.1) is 0 Å². The normalized spacial score (nSPS) is 18.1. The van der Waals surface area contributed by atoms with E-state index in [1.807, 2.05) is 43.3 Å². The van der Waals surface area contributed by atoms with E-state index in [9.17, 15) is 14.7 Å². The van der Waals surface area contributed by atoms with Gasteiger partial charge in [0.2, 0.25) is 0 Å². The average molecular weight is 501 g/mol. The van der Waals surface area contributed by atoms with Crippen molar-refractivity contribution in [3.8, 4) is 5.75 Å².